The molecule has 1 aliphatic rings. The summed E-state index contributed by atoms with van der Waals surface area (Å²) in [5.74, 6) is -0.912. The Bertz CT molecular complexity index is 294. The van der Waals surface area contributed by atoms with Gasteiger partial charge in [0.25, 0.3) is 0 Å². The number of hydrogen-bond acceptors (Lipinski definition) is 3. The van der Waals surface area contributed by atoms with E-state index in [9.17, 15) is 9.59 Å². The predicted molar refractivity (Wildman–Crippen MR) is 71.0 cm³/mol. The molecule has 1 heterocycles. The fourth-order valence-corrected chi connectivity index (χ4v) is 2.14. The van der Waals surface area contributed by atoms with Crippen LogP contribution in [0.2, 0.25) is 0 Å². The Labute approximate surface area is 110 Å². The van der Waals surface area contributed by atoms with Gasteiger partial charge in [0.1, 0.15) is 0 Å². The Morgan fingerprint density at radius 2 is 1.83 bits per heavy atom. The van der Waals surface area contributed by atoms with Crippen molar-refractivity contribution < 1.29 is 14.3 Å². The third-order valence-corrected chi connectivity index (χ3v) is 3.28. The molecule has 0 aromatic rings. The summed E-state index contributed by atoms with van der Waals surface area (Å²) in [5, 5.41) is 0. The van der Waals surface area contributed by atoms with Crippen molar-refractivity contribution in [3.05, 3.63) is 12.2 Å². The molecule has 1 atom stereocenters. The summed E-state index contributed by atoms with van der Waals surface area (Å²) in [6.07, 6.45) is 13.8. The van der Waals surface area contributed by atoms with Crippen LogP contribution in [0.25, 0.3) is 0 Å². The van der Waals surface area contributed by atoms with Crippen molar-refractivity contribution >= 4 is 11.9 Å². The minimum absolute atomic E-state index is 0.202. The van der Waals surface area contributed by atoms with Crippen LogP contribution in [-0.4, -0.2) is 11.9 Å². The number of hydrogen-bond donors (Lipinski definition) is 0. The van der Waals surface area contributed by atoms with E-state index >= 15 is 0 Å². The Hall–Kier alpha value is -1.12. The summed E-state index contributed by atoms with van der Waals surface area (Å²) in [4.78, 5) is 22.0. The second kappa shape index (κ2) is 8.90. The molecule has 0 bridgehead atoms. The largest absolute Gasteiger partial charge is 0.393 e. The number of ether oxygens (including phenoxy) is 1. The van der Waals surface area contributed by atoms with Gasteiger partial charge in [0.2, 0.25) is 0 Å². The molecule has 3 nitrogen and oxygen atoms in total. The quantitative estimate of drug-likeness (QED) is 0.271. The maximum Gasteiger partial charge on any atom is 0.317 e. The van der Waals surface area contributed by atoms with Crippen LogP contribution >= 0.6 is 0 Å². The first-order valence-corrected chi connectivity index (χ1v) is 7.13. The van der Waals surface area contributed by atoms with Gasteiger partial charge in [-0.25, -0.2) is 0 Å². The zero-order valence-electron chi connectivity index (χ0n) is 11.3. The minimum atomic E-state index is -0.370. The lowest BCUT2D eigenvalue weighted by molar-refractivity contribution is -0.153. The van der Waals surface area contributed by atoms with Crippen LogP contribution in [0.5, 0.6) is 0 Å². The highest BCUT2D eigenvalue weighted by Crippen LogP contribution is 2.21. The number of unbranched alkanes of at least 4 members (excludes halogenated alkanes) is 5. The first kappa shape index (κ1) is 14.9. The van der Waals surface area contributed by atoms with Gasteiger partial charge >= 0.3 is 11.9 Å². The smallest absolute Gasteiger partial charge is 0.317 e. The van der Waals surface area contributed by atoms with Gasteiger partial charge in [-0.15, -0.1) is 0 Å². The minimum Gasteiger partial charge on any atom is -0.393 e. The monoisotopic (exact) mass is 252 g/mol. The molecule has 1 fully saturated rings. The Balaban J connectivity index is 1.97. The maximum atomic E-state index is 11.2. The van der Waals surface area contributed by atoms with Crippen LogP contribution in [-0.2, 0) is 14.3 Å². The van der Waals surface area contributed by atoms with Crippen molar-refractivity contribution in [3.8, 4) is 0 Å². The second-order valence-corrected chi connectivity index (χ2v) is 4.95. The summed E-state index contributed by atoms with van der Waals surface area (Å²) in [6.45, 7) is 2.22. The molecule has 0 spiro atoms. The molecule has 102 valence electrons. The number of rotatable bonds is 9. The van der Waals surface area contributed by atoms with E-state index in [1.165, 1.54) is 32.1 Å². The van der Waals surface area contributed by atoms with E-state index < -0.39 is 0 Å². The third-order valence-electron chi connectivity index (χ3n) is 3.28. The maximum absolute atomic E-state index is 11.2. The van der Waals surface area contributed by atoms with Gasteiger partial charge in [0.15, 0.2) is 0 Å². The summed E-state index contributed by atoms with van der Waals surface area (Å²) >= 11 is 0. The highest BCUT2D eigenvalue weighted by Gasteiger charge is 2.32. The zero-order valence-corrected chi connectivity index (χ0v) is 11.3. The number of cyclic esters (lactones) is 2. The molecule has 1 saturated heterocycles. The Kier molecular flexibility index (Phi) is 7.38. The Morgan fingerprint density at radius 1 is 1.11 bits per heavy atom. The normalized spacial score (nSPS) is 19.7. The molecule has 0 amide bonds. The average molecular weight is 252 g/mol. The van der Waals surface area contributed by atoms with Gasteiger partial charge < -0.3 is 4.74 Å². The van der Waals surface area contributed by atoms with Crippen LogP contribution in [0.4, 0.5) is 0 Å². The summed E-state index contributed by atoms with van der Waals surface area (Å²) < 4.78 is 4.50. The summed E-state index contributed by atoms with van der Waals surface area (Å²) in [5.41, 5.74) is 0. The molecule has 0 aromatic heterocycles. The molecule has 3 heteroatoms. The number of esters is 2. The molecule has 1 aliphatic heterocycles. The SMILES string of the molecule is CCCCCCC/C=C/CCC1CC(=O)OC1=O. The molecular weight excluding hydrogens is 228 g/mol. The van der Waals surface area contributed by atoms with Crippen molar-refractivity contribution in [2.24, 2.45) is 5.92 Å². The summed E-state index contributed by atoms with van der Waals surface area (Å²) in [6, 6.07) is 0. The molecule has 0 N–H and O–H groups in total. The first-order chi connectivity index (χ1) is 8.74. The topological polar surface area (TPSA) is 43.4 Å². The molecule has 1 rings (SSSR count). The summed E-state index contributed by atoms with van der Waals surface area (Å²) in [7, 11) is 0. The number of carbonyl (C=O) groups is 2. The first-order valence-electron chi connectivity index (χ1n) is 7.13. The standard InChI is InChI=1S/C15H24O3/c1-2-3-4-5-6-7-8-9-10-11-13-12-14(16)18-15(13)17/h8-9,13H,2-7,10-12H2,1H3/b9-8+. The zero-order chi connectivity index (χ0) is 13.2. The highest BCUT2D eigenvalue weighted by molar-refractivity contribution is 5.94. The lowest BCUT2D eigenvalue weighted by atomic mass is 10.0. The van der Waals surface area contributed by atoms with Gasteiger partial charge in [-0.2, -0.15) is 0 Å². The predicted octanol–water partition coefficient (Wildman–Crippen LogP) is 3.77. The number of carbonyl (C=O) groups excluding carboxylic acids is 2. The highest BCUT2D eigenvalue weighted by atomic mass is 16.6. The van der Waals surface area contributed by atoms with Crippen LogP contribution < -0.4 is 0 Å². The van der Waals surface area contributed by atoms with E-state index in [-0.39, 0.29) is 24.3 Å². The second-order valence-electron chi connectivity index (χ2n) is 4.95. The van der Waals surface area contributed by atoms with Gasteiger partial charge in [0, 0.05) is 0 Å². The van der Waals surface area contributed by atoms with Crippen molar-refractivity contribution in [1.82, 2.24) is 0 Å². The molecule has 0 radical (unpaired) electrons. The fourth-order valence-electron chi connectivity index (χ4n) is 2.14. The van der Waals surface area contributed by atoms with E-state index in [4.69, 9.17) is 0 Å². The van der Waals surface area contributed by atoms with E-state index in [1.807, 2.05) is 0 Å². The third kappa shape index (κ3) is 5.99. The molecule has 0 aromatic carbocycles. The average Bonchev–Trinajstić information content (AvgIpc) is 2.66. The van der Waals surface area contributed by atoms with Gasteiger partial charge in [-0.05, 0) is 25.7 Å². The van der Waals surface area contributed by atoms with Gasteiger partial charge in [-0.3, -0.25) is 9.59 Å². The van der Waals surface area contributed by atoms with E-state index in [2.05, 4.69) is 23.8 Å². The van der Waals surface area contributed by atoms with E-state index in [0.717, 1.165) is 19.3 Å². The lowest BCUT2D eigenvalue weighted by Crippen LogP contribution is -2.06. The van der Waals surface area contributed by atoms with Crippen molar-refractivity contribution in [2.75, 3.05) is 0 Å². The van der Waals surface area contributed by atoms with Gasteiger partial charge in [0.05, 0.1) is 12.3 Å². The Morgan fingerprint density at radius 3 is 2.50 bits per heavy atom. The van der Waals surface area contributed by atoms with Crippen molar-refractivity contribution in [1.29, 1.82) is 0 Å². The molecular formula is C15H24O3. The van der Waals surface area contributed by atoms with Crippen LogP contribution in [0.15, 0.2) is 12.2 Å². The van der Waals surface area contributed by atoms with Crippen molar-refractivity contribution in [2.45, 2.75) is 64.7 Å². The van der Waals surface area contributed by atoms with Crippen LogP contribution in [0.3, 0.4) is 0 Å². The van der Waals surface area contributed by atoms with Crippen LogP contribution in [0, 0.1) is 5.92 Å². The molecule has 18 heavy (non-hydrogen) atoms. The molecule has 0 saturated carbocycles. The van der Waals surface area contributed by atoms with Crippen LogP contribution in [0.1, 0.15) is 64.7 Å². The fraction of sp³-hybridized carbons (Fsp3) is 0.733. The van der Waals surface area contributed by atoms with Gasteiger partial charge in [-0.1, -0.05) is 44.8 Å². The molecule has 0 aliphatic carbocycles. The van der Waals surface area contributed by atoms with E-state index in [1.54, 1.807) is 0 Å². The molecule has 1 unspecified atom stereocenters. The lowest BCUT2D eigenvalue weighted by Gasteiger charge is -2.00. The number of allylic oxidation sites excluding steroid dienone is 2. The van der Waals surface area contributed by atoms with Crippen molar-refractivity contribution in [3.63, 3.8) is 0 Å². The van der Waals surface area contributed by atoms with E-state index in [0.29, 0.717) is 0 Å².